The summed E-state index contributed by atoms with van der Waals surface area (Å²) in [4.78, 5) is 10.5. The first-order valence-electron chi connectivity index (χ1n) is 6.21. The normalized spacial score (nSPS) is 11.1. The number of sulfonamides is 1. The first kappa shape index (κ1) is 16.3. The Bertz CT molecular complexity index is 528. The lowest BCUT2D eigenvalue weighted by Gasteiger charge is -2.08. The number of carbonyl (C=O) groups excluding carboxylic acids is 1. The van der Waals surface area contributed by atoms with Crippen LogP contribution < -0.4 is 15.8 Å². The summed E-state index contributed by atoms with van der Waals surface area (Å²) in [5, 5.41) is 3.15. The summed E-state index contributed by atoms with van der Waals surface area (Å²) in [5.74, 6) is 0. The van der Waals surface area contributed by atoms with Gasteiger partial charge in [0.2, 0.25) is 10.0 Å². The van der Waals surface area contributed by atoms with Crippen LogP contribution in [0.15, 0.2) is 29.2 Å². The number of anilines is 1. The molecule has 8 heteroatoms. The number of hydrogen-bond donors (Lipinski definition) is 3. The molecule has 4 N–H and O–H groups in total. The third-order valence-corrected chi connectivity index (χ3v) is 3.86. The molecule has 20 heavy (non-hydrogen) atoms. The Kier molecular flexibility index (Phi) is 6.26. The van der Waals surface area contributed by atoms with Crippen molar-refractivity contribution in [3.05, 3.63) is 24.3 Å². The van der Waals surface area contributed by atoms with Crippen LogP contribution in [0.1, 0.15) is 13.3 Å². The van der Waals surface area contributed by atoms with E-state index in [4.69, 9.17) is 5.73 Å². The van der Waals surface area contributed by atoms with Gasteiger partial charge in [0.05, 0.1) is 4.90 Å². The van der Waals surface area contributed by atoms with Gasteiger partial charge < -0.3 is 15.8 Å². The van der Waals surface area contributed by atoms with Gasteiger partial charge in [0.1, 0.15) is 6.61 Å². The molecule has 0 fully saturated rings. The minimum absolute atomic E-state index is 0.0267. The molecule has 0 spiro atoms. The van der Waals surface area contributed by atoms with Crippen LogP contribution >= 0.6 is 0 Å². The van der Waals surface area contributed by atoms with Crippen molar-refractivity contribution in [1.82, 2.24) is 4.72 Å². The fourth-order valence-electron chi connectivity index (χ4n) is 1.43. The average Bonchev–Trinajstić information content (AvgIpc) is 2.42. The Morgan fingerprint density at radius 2 is 1.90 bits per heavy atom. The van der Waals surface area contributed by atoms with Crippen molar-refractivity contribution in [1.29, 1.82) is 0 Å². The molecular weight excluding hydrogens is 282 g/mol. The molecule has 1 amide bonds. The number of rotatable bonds is 8. The summed E-state index contributed by atoms with van der Waals surface area (Å²) in [7, 11) is -3.61. The minimum Gasteiger partial charge on any atom is -0.448 e. The van der Waals surface area contributed by atoms with Gasteiger partial charge in [-0.1, -0.05) is 6.92 Å². The zero-order valence-corrected chi connectivity index (χ0v) is 12.1. The molecular formula is C12H19N3O4S. The zero-order chi connectivity index (χ0) is 15.0. The molecule has 112 valence electrons. The van der Waals surface area contributed by atoms with Gasteiger partial charge >= 0.3 is 6.09 Å². The Labute approximate surface area is 118 Å². The van der Waals surface area contributed by atoms with E-state index in [1.165, 1.54) is 12.1 Å². The molecule has 1 rings (SSSR count). The molecule has 0 bridgehead atoms. The van der Waals surface area contributed by atoms with Crippen LogP contribution in [0.3, 0.4) is 0 Å². The fraction of sp³-hybridized carbons (Fsp3) is 0.417. The highest BCUT2D eigenvalue weighted by Gasteiger charge is 2.13. The van der Waals surface area contributed by atoms with Crippen molar-refractivity contribution in [3.63, 3.8) is 0 Å². The summed E-state index contributed by atoms with van der Waals surface area (Å²) < 4.78 is 30.5. The van der Waals surface area contributed by atoms with E-state index in [1.807, 2.05) is 6.92 Å². The van der Waals surface area contributed by atoms with E-state index in [1.54, 1.807) is 12.1 Å². The van der Waals surface area contributed by atoms with Crippen LogP contribution in [0.25, 0.3) is 0 Å². The second-order valence-corrected chi connectivity index (χ2v) is 5.78. The highest BCUT2D eigenvalue weighted by atomic mass is 32.2. The van der Waals surface area contributed by atoms with Gasteiger partial charge in [-0.2, -0.15) is 0 Å². The van der Waals surface area contributed by atoms with E-state index in [9.17, 15) is 13.2 Å². The van der Waals surface area contributed by atoms with Gasteiger partial charge in [-0.25, -0.2) is 17.9 Å². The summed E-state index contributed by atoms with van der Waals surface area (Å²) >= 11 is 0. The molecule has 0 unspecified atom stereocenters. The molecule has 7 nitrogen and oxygen atoms in total. The van der Waals surface area contributed by atoms with E-state index < -0.39 is 16.1 Å². The topological polar surface area (TPSA) is 111 Å². The third-order valence-electron chi connectivity index (χ3n) is 2.38. The predicted molar refractivity (Wildman–Crippen MR) is 75.9 cm³/mol. The lowest BCUT2D eigenvalue weighted by atomic mass is 10.3. The fourth-order valence-corrected chi connectivity index (χ4v) is 2.45. The lowest BCUT2D eigenvalue weighted by molar-refractivity contribution is 0.159. The lowest BCUT2D eigenvalue weighted by Crippen LogP contribution is -2.29. The van der Waals surface area contributed by atoms with Crippen LogP contribution in [0.2, 0.25) is 0 Å². The van der Waals surface area contributed by atoms with Gasteiger partial charge in [-0.3, -0.25) is 0 Å². The second-order valence-electron chi connectivity index (χ2n) is 4.02. The maximum atomic E-state index is 11.9. The van der Waals surface area contributed by atoms with Crippen LogP contribution in [0.5, 0.6) is 0 Å². The number of primary amides is 1. The van der Waals surface area contributed by atoms with Crippen LogP contribution in [0, 0.1) is 0 Å². The summed E-state index contributed by atoms with van der Waals surface area (Å²) in [6.45, 7) is 2.74. The van der Waals surface area contributed by atoms with Gasteiger partial charge in [0, 0.05) is 18.8 Å². The van der Waals surface area contributed by atoms with Crippen molar-refractivity contribution in [2.75, 3.05) is 25.0 Å². The Morgan fingerprint density at radius 1 is 1.25 bits per heavy atom. The van der Waals surface area contributed by atoms with Crippen LogP contribution in [-0.2, 0) is 14.8 Å². The second kappa shape index (κ2) is 7.71. The van der Waals surface area contributed by atoms with Crippen molar-refractivity contribution in [3.8, 4) is 0 Å². The van der Waals surface area contributed by atoms with Gasteiger partial charge in [-0.15, -0.1) is 0 Å². The van der Waals surface area contributed by atoms with Gasteiger partial charge in [-0.05, 0) is 30.7 Å². The highest BCUT2D eigenvalue weighted by molar-refractivity contribution is 7.89. The summed E-state index contributed by atoms with van der Waals surface area (Å²) in [5.41, 5.74) is 5.63. The van der Waals surface area contributed by atoms with Gasteiger partial charge in [0.25, 0.3) is 0 Å². The van der Waals surface area contributed by atoms with E-state index in [-0.39, 0.29) is 18.0 Å². The van der Waals surface area contributed by atoms with E-state index in [2.05, 4.69) is 14.8 Å². The van der Waals surface area contributed by atoms with Crippen molar-refractivity contribution < 1.29 is 17.9 Å². The smallest absolute Gasteiger partial charge is 0.404 e. The van der Waals surface area contributed by atoms with E-state index in [0.29, 0.717) is 0 Å². The highest BCUT2D eigenvalue weighted by Crippen LogP contribution is 2.13. The number of benzene rings is 1. The largest absolute Gasteiger partial charge is 0.448 e. The van der Waals surface area contributed by atoms with Gasteiger partial charge in [0.15, 0.2) is 0 Å². The monoisotopic (exact) mass is 301 g/mol. The first-order valence-corrected chi connectivity index (χ1v) is 7.70. The SMILES string of the molecule is CCCNc1ccc(S(=O)(=O)NCCOC(N)=O)cc1. The molecule has 1 aromatic rings. The minimum atomic E-state index is -3.61. The summed E-state index contributed by atoms with van der Waals surface area (Å²) in [6, 6.07) is 6.42. The quantitative estimate of drug-likeness (QED) is 0.617. The number of carbonyl (C=O) groups is 1. The van der Waals surface area contributed by atoms with Crippen molar-refractivity contribution in [2.45, 2.75) is 18.2 Å². The Morgan fingerprint density at radius 3 is 2.45 bits per heavy atom. The number of nitrogens with two attached hydrogens (primary N) is 1. The number of hydrogen-bond acceptors (Lipinski definition) is 5. The molecule has 1 aromatic carbocycles. The average molecular weight is 301 g/mol. The first-order chi connectivity index (χ1) is 9.45. The third kappa shape index (κ3) is 5.45. The molecule has 0 aliphatic rings. The Balaban J connectivity index is 2.56. The molecule has 0 aromatic heterocycles. The number of ether oxygens (including phenoxy) is 1. The van der Waals surface area contributed by atoms with Crippen LogP contribution in [-0.4, -0.2) is 34.2 Å². The van der Waals surface area contributed by atoms with E-state index >= 15 is 0 Å². The molecule has 0 saturated heterocycles. The molecule has 0 saturated carbocycles. The molecule has 0 aliphatic carbocycles. The van der Waals surface area contributed by atoms with Crippen molar-refractivity contribution in [2.24, 2.45) is 5.73 Å². The predicted octanol–water partition coefficient (Wildman–Crippen LogP) is 0.882. The molecule has 0 aliphatic heterocycles. The van der Waals surface area contributed by atoms with Crippen molar-refractivity contribution >= 4 is 21.8 Å². The molecule has 0 radical (unpaired) electrons. The van der Waals surface area contributed by atoms with Crippen LogP contribution in [0.4, 0.5) is 10.5 Å². The number of amides is 1. The maximum Gasteiger partial charge on any atom is 0.404 e. The molecule has 0 heterocycles. The van der Waals surface area contributed by atoms with E-state index in [0.717, 1.165) is 18.7 Å². The summed E-state index contributed by atoms with van der Waals surface area (Å²) in [6.07, 6.45) is 0.0529. The Hall–Kier alpha value is -1.80. The standard InChI is InChI=1S/C12H19N3O4S/c1-2-7-14-10-3-5-11(6-4-10)20(17,18)15-8-9-19-12(13)16/h3-6,14-15H,2,7-9H2,1H3,(H2,13,16). The molecule has 0 atom stereocenters. The maximum absolute atomic E-state index is 11.9. The number of nitrogens with one attached hydrogen (secondary N) is 2. The zero-order valence-electron chi connectivity index (χ0n) is 11.3.